The van der Waals surface area contributed by atoms with Crippen molar-refractivity contribution in [3.63, 3.8) is 0 Å². The summed E-state index contributed by atoms with van der Waals surface area (Å²) in [6, 6.07) is 7.65. The molecular formula is C17H15FN4OS2. The summed E-state index contributed by atoms with van der Waals surface area (Å²) < 4.78 is 13.2. The third-order valence-corrected chi connectivity index (χ3v) is 4.82. The zero-order valence-corrected chi connectivity index (χ0v) is 15.3. The van der Waals surface area contributed by atoms with Gasteiger partial charge in [0, 0.05) is 23.0 Å². The van der Waals surface area contributed by atoms with E-state index in [1.54, 1.807) is 23.7 Å². The molecule has 3 aromatic rings. The molecule has 2 heterocycles. The summed E-state index contributed by atoms with van der Waals surface area (Å²) in [5.74, 6) is -0.373. The molecule has 0 fully saturated rings. The fraction of sp³-hybridized carbons (Fsp3) is 0.176. The number of halogens is 1. The van der Waals surface area contributed by atoms with Crippen molar-refractivity contribution in [3.8, 4) is 0 Å². The first kappa shape index (κ1) is 17.5. The van der Waals surface area contributed by atoms with Crippen molar-refractivity contribution >= 4 is 39.8 Å². The first-order chi connectivity index (χ1) is 12.0. The van der Waals surface area contributed by atoms with Crippen LogP contribution in [0.3, 0.4) is 0 Å². The predicted molar refractivity (Wildman–Crippen MR) is 97.9 cm³/mol. The van der Waals surface area contributed by atoms with Crippen LogP contribution in [-0.4, -0.2) is 26.6 Å². The molecule has 0 saturated heterocycles. The van der Waals surface area contributed by atoms with E-state index in [1.807, 2.05) is 19.9 Å². The summed E-state index contributed by atoms with van der Waals surface area (Å²) >= 11 is 2.61. The number of nitrogens with zero attached hydrogens (tertiary/aromatic N) is 4. The van der Waals surface area contributed by atoms with Gasteiger partial charge in [0.1, 0.15) is 5.82 Å². The highest BCUT2D eigenvalue weighted by molar-refractivity contribution is 7.99. The first-order valence-electron chi connectivity index (χ1n) is 7.46. The monoisotopic (exact) mass is 374 g/mol. The highest BCUT2D eigenvalue weighted by Gasteiger charge is 2.21. The number of thiazole rings is 1. The minimum Gasteiger partial charge on any atom is -0.273 e. The Hall–Kier alpha value is -2.32. The lowest BCUT2D eigenvalue weighted by molar-refractivity contribution is -0.115. The van der Waals surface area contributed by atoms with Crippen molar-refractivity contribution in [1.82, 2.24) is 15.0 Å². The predicted octanol–water partition coefficient (Wildman–Crippen LogP) is 4.15. The van der Waals surface area contributed by atoms with E-state index in [-0.39, 0.29) is 17.5 Å². The highest BCUT2D eigenvalue weighted by atomic mass is 32.2. The summed E-state index contributed by atoms with van der Waals surface area (Å²) in [7, 11) is 0. The minimum absolute atomic E-state index is 0.153. The molecule has 3 rings (SSSR count). The molecule has 0 bridgehead atoms. The number of amides is 1. The lowest BCUT2D eigenvalue weighted by Gasteiger charge is -2.19. The Balaban J connectivity index is 1.81. The lowest BCUT2D eigenvalue weighted by atomic mass is 10.3. The summed E-state index contributed by atoms with van der Waals surface area (Å²) in [6.07, 6.45) is 1.63. The van der Waals surface area contributed by atoms with Gasteiger partial charge in [-0.1, -0.05) is 11.8 Å². The van der Waals surface area contributed by atoms with Crippen LogP contribution in [0.2, 0.25) is 0 Å². The number of aromatic nitrogens is 3. The van der Waals surface area contributed by atoms with Crippen molar-refractivity contribution in [1.29, 1.82) is 0 Å². The molecule has 0 spiro atoms. The highest BCUT2D eigenvalue weighted by Crippen LogP contribution is 2.29. The topological polar surface area (TPSA) is 59.0 Å². The standard InChI is InChI=1S/C17H15FN4OS2/c1-11-9-12(2)21-16(20-11)25-10-15(23)22(17-19-7-8-24-17)14-5-3-13(18)4-6-14/h3-9H,10H2,1-2H3. The third kappa shape index (κ3) is 4.40. The third-order valence-electron chi connectivity index (χ3n) is 3.23. The Bertz CT molecular complexity index is 849. The van der Waals surface area contributed by atoms with Crippen LogP contribution in [0.15, 0.2) is 47.1 Å². The number of hydrogen-bond acceptors (Lipinski definition) is 6. The molecule has 8 heteroatoms. The molecule has 1 aromatic carbocycles. The molecule has 0 unspecified atom stereocenters. The second-order valence-electron chi connectivity index (χ2n) is 5.24. The molecule has 0 aliphatic rings. The van der Waals surface area contributed by atoms with Crippen LogP contribution in [-0.2, 0) is 4.79 Å². The van der Waals surface area contributed by atoms with E-state index in [1.165, 1.54) is 40.1 Å². The fourth-order valence-corrected chi connectivity index (χ4v) is 3.70. The number of hydrogen-bond donors (Lipinski definition) is 0. The quantitative estimate of drug-likeness (QED) is 0.496. The van der Waals surface area contributed by atoms with Crippen molar-refractivity contribution < 1.29 is 9.18 Å². The molecule has 0 N–H and O–H groups in total. The van der Waals surface area contributed by atoms with Gasteiger partial charge in [0.2, 0.25) is 5.91 Å². The number of benzene rings is 1. The number of carbonyl (C=O) groups is 1. The number of carbonyl (C=O) groups excluding carboxylic acids is 1. The van der Waals surface area contributed by atoms with E-state index in [9.17, 15) is 9.18 Å². The Morgan fingerprint density at radius 3 is 2.48 bits per heavy atom. The second kappa shape index (κ2) is 7.71. The Kier molecular flexibility index (Phi) is 5.40. The van der Waals surface area contributed by atoms with Gasteiger partial charge < -0.3 is 0 Å². The molecule has 0 aliphatic carbocycles. The largest absolute Gasteiger partial charge is 0.273 e. The first-order valence-corrected chi connectivity index (χ1v) is 9.32. The van der Waals surface area contributed by atoms with Gasteiger partial charge in [-0.2, -0.15) is 0 Å². The van der Waals surface area contributed by atoms with Gasteiger partial charge in [-0.25, -0.2) is 19.3 Å². The van der Waals surface area contributed by atoms with Crippen molar-refractivity contribution in [2.75, 3.05) is 10.7 Å². The number of rotatable bonds is 5. The molecule has 128 valence electrons. The van der Waals surface area contributed by atoms with Crippen molar-refractivity contribution in [2.45, 2.75) is 19.0 Å². The van der Waals surface area contributed by atoms with Crippen molar-refractivity contribution in [3.05, 3.63) is 59.1 Å². The maximum Gasteiger partial charge on any atom is 0.243 e. The number of thioether (sulfide) groups is 1. The van der Waals surface area contributed by atoms with Gasteiger partial charge in [0.15, 0.2) is 10.3 Å². The Morgan fingerprint density at radius 2 is 1.88 bits per heavy atom. The smallest absolute Gasteiger partial charge is 0.243 e. The molecule has 0 aliphatic heterocycles. The molecule has 1 amide bonds. The average Bonchev–Trinajstić information content (AvgIpc) is 3.08. The van der Waals surface area contributed by atoms with E-state index in [2.05, 4.69) is 15.0 Å². The van der Waals surface area contributed by atoms with Crippen LogP contribution in [0.5, 0.6) is 0 Å². The molecule has 5 nitrogen and oxygen atoms in total. The van der Waals surface area contributed by atoms with Crippen LogP contribution in [0.25, 0.3) is 0 Å². The molecule has 0 radical (unpaired) electrons. The molecule has 2 aromatic heterocycles. The summed E-state index contributed by atoms with van der Waals surface area (Å²) in [5, 5.41) is 2.89. The summed E-state index contributed by atoms with van der Waals surface area (Å²) in [4.78, 5) is 27.1. The van der Waals surface area contributed by atoms with Crippen LogP contribution in [0.4, 0.5) is 15.2 Å². The van der Waals surface area contributed by atoms with Crippen LogP contribution >= 0.6 is 23.1 Å². The number of anilines is 2. The summed E-state index contributed by atoms with van der Waals surface area (Å²) in [6.45, 7) is 3.78. The average molecular weight is 374 g/mol. The van der Waals surface area contributed by atoms with Crippen LogP contribution in [0.1, 0.15) is 11.4 Å². The van der Waals surface area contributed by atoms with E-state index in [0.29, 0.717) is 16.0 Å². The molecular weight excluding hydrogens is 359 g/mol. The van der Waals surface area contributed by atoms with Gasteiger partial charge in [-0.15, -0.1) is 11.3 Å². The minimum atomic E-state index is -0.353. The van der Waals surface area contributed by atoms with Gasteiger partial charge >= 0.3 is 0 Å². The molecule has 0 atom stereocenters. The molecule has 25 heavy (non-hydrogen) atoms. The Labute approximate surface area is 153 Å². The van der Waals surface area contributed by atoms with E-state index >= 15 is 0 Å². The van der Waals surface area contributed by atoms with Gasteiger partial charge in [0.05, 0.1) is 11.4 Å². The van der Waals surface area contributed by atoms with Crippen LogP contribution in [0, 0.1) is 19.7 Å². The van der Waals surface area contributed by atoms with E-state index in [0.717, 1.165) is 11.4 Å². The zero-order chi connectivity index (χ0) is 17.8. The van der Waals surface area contributed by atoms with Gasteiger partial charge in [-0.05, 0) is 44.2 Å². The van der Waals surface area contributed by atoms with Crippen molar-refractivity contribution in [2.24, 2.45) is 0 Å². The van der Waals surface area contributed by atoms with E-state index < -0.39 is 0 Å². The van der Waals surface area contributed by atoms with Crippen LogP contribution < -0.4 is 4.90 Å². The Morgan fingerprint density at radius 1 is 1.20 bits per heavy atom. The van der Waals surface area contributed by atoms with E-state index in [4.69, 9.17) is 0 Å². The maximum atomic E-state index is 13.2. The van der Waals surface area contributed by atoms with Gasteiger partial charge in [-0.3, -0.25) is 9.69 Å². The SMILES string of the molecule is Cc1cc(C)nc(SCC(=O)N(c2ccc(F)cc2)c2nccs2)n1. The fourth-order valence-electron chi connectivity index (χ4n) is 2.23. The lowest BCUT2D eigenvalue weighted by Crippen LogP contribution is -2.27. The molecule has 0 saturated carbocycles. The zero-order valence-electron chi connectivity index (χ0n) is 13.6. The second-order valence-corrected chi connectivity index (χ2v) is 7.06. The number of aryl methyl sites for hydroxylation is 2. The van der Waals surface area contributed by atoms with Gasteiger partial charge in [0.25, 0.3) is 0 Å². The normalized spacial score (nSPS) is 10.7. The maximum absolute atomic E-state index is 13.2. The summed E-state index contributed by atoms with van der Waals surface area (Å²) in [5.41, 5.74) is 2.29.